The van der Waals surface area contributed by atoms with Gasteiger partial charge in [-0.15, -0.1) is 0 Å². The number of para-hydroxylation sites is 2. The maximum atomic E-state index is 4.80. The predicted octanol–water partition coefficient (Wildman–Crippen LogP) is 4.11. The zero-order valence-electron chi connectivity index (χ0n) is 13.5. The third-order valence-electron chi connectivity index (χ3n) is 4.80. The fourth-order valence-electron chi connectivity index (χ4n) is 3.72. The molecular formula is C18H27N3. The molecule has 1 heterocycles. The van der Waals surface area contributed by atoms with Crippen molar-refractivity contribution in [3.05, 3.63) is 30.1 Å². The molecule has 114 valence electrons. The van der Waals surface area contributed by atoms with Gasteiger partial charge in [0.25, 0.3) is 0 Å². The second-order valence-electron chi connectivity index (χ2n) is 7.10. The van der Waals surface area contributed by atoms with Crippen LogP contribution in [0.4, 0.5) is 0 Å². The van der Waals surface area contributed by atoms with Crippen LogP contribution in [-0.4, -0.2) is 15.6 Å². The van der Waals surface area contributed by atoms with E-state index in [9.17, 15) is 0 Å². The molecule has 0 spiro atoms. The van der Waals surface area contributed by atoms with Crippen molar-refractivity contribution in [1.82, 2.24) is 14.9 Å². The Morgan fingerprint density at radius 2 is 2.14 bits per heavy atom. The molecule has 21 heavy (non-hydrogen) atoms. The standard InChI is InChI=1S/C18H27N3/c1-4-21-16-10-6-5-9-15(16)20-17(21)13-19-14-8-7-11-18(2,3)12-14/h5-6,9-10,14,19H,4,7-8,11-13H2,1-3H3. The van der Waals surface area contributed by atoms with Gasteiger partial charge in [-0.2, -0.15) is 0 Å². The van der Waals surface area contributed by atoms with Crippen molar-refractivity contribution in [2.45, 2.75) is 65.6 Å². The van der Waals surface area contributed by atoms with Gasteiger partial charge in [0.1, 0.15) is 5.82 Å². The van der Waals surface area contributed by atoms with E-state index < -0.39 is 0 Å². The van der Waals surface area contributed by atoms with Crippen LogP contribution in [0.3, 0.4) is 0 Å². The van der Waals surface area contributed by atoms with Crippen LogP contribution in [0.1, 0.15) is 52.3 Å². The lowest BCUT2D eigenvalue weighted by atomic mass is 9.75. The van der Waals surface area contributed by atoms with Gasteiger partial charge in [-0.1, -0.05) is 32.4 Å². The molecule has 0 saturated heterocycles. The Hall–Kier alpha value is -1.35. The van der Waals surface area contributed by atoms with Crippen LogP contribution in [0.2, 0.25) is 0 Å². The van der Waals surface area contributed by atoms with Crippen molar-refractivity contribution in [1.29, 1.82) is 0 Å². The van der Waals surface area contributed by atoms with Gasteiger partial charge in [0.05, 0.1) is 17.6 Å². The molecule has 1 aromatic carbocycles. The summed E-state index contributed by atoms with van der Waals surface area (Å²) >= 11 is 0. The van der Waals surface area contributed by atoms with Gasteiger partial charge in [-0.25, -0.2) is 4.98 Å². The van der Waals surface area contributed by atoms with Gasteiger partial charge in [0, 0.05) is 12.6 Å². The van der Waals surface area contributed by atoms with Crippen molar-refractivity contribution in [2.75, 3.05) is 0 Å². The van der Waals surface area contributed by atoms with E-state index in [1.54, 1.807) is 0 Å². The highest BCUT2D eigenvalue weighted by Gasteiger charge is 2.27. The van der Waals surface area contributed by atoms with Crippen LogP contribution < -0.4 is 5.32 Å². The van der Waals surface area contributed by atoms with E-state index in [4.69, 9.17) is 4.98 Å². The third kappa shape index (κ3) is 3.13. The van der Waals surface area contributed by atoms with E-state index in [1.165, 1.54) is 37.0 Å². The molecule has 2 aromatic rings. The Morgan fingerprint density at radius 3 is 2.90 bits per heavy atom. The number of fused-ring (bicyclic) bond motifs is 1. The summed E-state index contributed by atoms with van der Waals surface area (Å²) in [5.41, 5.74) is 2.85. The van der Waals surface area contributed by atoms with Gasteiger partial charge < -0.3 is 9.88 Å². The monoisotopic (exact) mass is 285 g/mol. The molecular weight excluding hydrogens is 258 g/mol. The molecule has 1 N–H and O–H groups in total. The Bertz CT molecular complexity index is 612. The summed E-state index contributed by atoms with van der Waals surface area (Å²) < 4.78 is 2.33. The molecule has 0 aliphatic heterocycles. The van der Waals surface area contributed by atoms with Crippen molar-refractivity contribution in [3.8, 4) is 0 Å². The van der Waals surface area contributed by atoms with Crippen LogP contribution in [0.25, 0.3) is 11.0 Å². The summed E-state index contributed by atoms with van der Waals surface area (Å²) in [4.78, 5) is 4.80. The lowest BCUT2D eigenvalue weighted by Crippen LogP contribution is -2.37. The number of rotatable bonds is 4. The number of hydrogen-bond donors (Lipinski definition) is 1. The molecule has 1 unspecified atom stereocenters. The number of benzene rings is 1. The highest BCUT2D eigenvalue weighted by atomic mass is 15.1. The molecule has 3 heteroatoms. The third-order valence-corrected chi connectivity index (χ3v) is 4.80. The zero-order chi connectivity index (χ0) is 14.9. The SMILES string of the molecule is CCn1c(CNC2CCCC(C)(C)C2)nc2ccccc21. The van der Waals surface area contributed by atoms with Crippen molar-refractivity contribution >= 4 is 11.0 Å². The molecule has 3 nitrogen and oxygen atoms in total. The summed E-state index contributed by atoms with van der Waals surface area (Å²) in [5.74, 6) is 1.17. The lowest BCUT2D eigenvalue weighted by Gasteiger charge is -2.35. The normalized spacial score (nSPS) is 21.8. The van der Waals surface area contributed by atoms with Crippen LogP contribution in [-0.2, 0) is 13.1 Å². The number of aromatic nitrogens is 2. The van der Waals surface area contributed by atoms with Crippen molar-refractivity contribution < 1.29 is 0 Å². The van der Waals surface area contributed by atoms with Gasteiger partial charge in [-0.05, 0) is 43.7 Å². The smallest absolute Gasteiger partial charge is 0.123 e. The average molecular weight is 285 g/mol. The maximum absolute atomic E-state index is 4.80. The number of imidazole rings is 1. The molecule has 1 atom stereocenters. The van der Waals surface area contributed by atoms with Gasteiger partial charge in [-0.3, -0.25) is 0 Å². The molecule has 1 aromatic heterocycles. The van der Waals surface area contributed by atoms with Gasteiger partial charge in [0.2, 0.25) is 0 Å². The largest absolute Gasteiger partial charge is 0.327 e. The topological polar surface area (TPSA) is 29.9 Å². The van der Waals surface area contributed by atoms with Gasteiger partial charge in [0.15, 0.2) is 0 Å². The van der Waals surface area contributed by atoms with E-state index in [0.29, 0.717) is 11.5 Å². The number of aryl methyl sites for hydroxylation is 1. The Morgan fingerprint density at radius 1 is 1.33 bits per heavy atom. The van der Waals surface area contributed by atoms with Crippen molar-refractivity contribution in [2.24, 2.45) is 5.41 Å². The number of nitrogens with zero attached hydrogens (tertiary/aromatic N) is 2. The summed E-state index contributed by atoms with van der Waals surface area (Å²) in [6.45, 7) is 8.84. The van der Waals surface area contributed by atoms with Crippen LogP contribution in [0, 0.1) is 5.41 Å². The maximum Gasteiger partial charge on any atom is 0.123 e. The Labute approximate surface area is 127 Å². The fourth-order valence-corrected chi connectivity index (χ4v) is 3.72. The first-order valence-corrected chi connectivity index (χ1v) is 8.26. The quantitative estimate of drug-likeness (QED) is 0.916. The highest BCUT2D eigenvalue weighted by Crippen LogP contribution is 2.35. The first kappa shape index (κ1) is 14.6. The van der Waals surface area contributed by atoms with Crippen molar-refractivity contribution in [3.63, 3.8) is 0 Å². The first-order valence-electron chi connectivity index (χ1n) is 8.26. The Balaban J connectivity index is 1.73. The molecule has 3 rings (SSSR count). The molecule has 1 fully saturated rings. The minimum Gasteiger partial charge on any atom is -0.327 e. The molecule has 1 saturated carbocycles. The summed E-state index contributed by atoms with van der Waals surface area (Å²) in [6.07, 6.45) is 5.28. The van der Waals surface area contributed by atoms with E-state index >= 15 is 0 Å². The first-order chi connectivity index (χ1) is 10.1. The minimum absolute atomic E-state index is 0.487. The summed E-state index contributed by atoms with van der Waals surface area (Å²) in [5, 5.41) is 3.75. The van der Waals surface area contributed by atoms with Gasteiger partial charge >= 0.3 is 0 Å². The van der Waals surface area contributed by atoms with E-state index in [0.717, 1.165) is 18.6 Å². The summed E-state index contributed by atoms with van der Waals surface area (Å²) in [7, 11) is 0. The van der Waals surface area contributed by atoms with E-state index in [-0.39, 0.29) is 0 Å². The minimum atomic E-state index is 0.487. The molecule has 1 aliphatic carbocycles. The lowest BCUT2D eigenvalue weighted by molar-refractivity contribution is 0.197. The molecule has 0 amide bonds. The number of nitrogens with one attached hydrogen (secondary N) is 1. The summed E-state index contributed by atoms with van der Waals surface area (Å²) in [6, 6.07) is 9.07. The second-order valence-corrected chi connectivity index (χ2v) is 7.10. The highest BCUT2D eigenvalue weighted by molar-refractivity contribution is 5.75. The van der Waals surface area contributed by atoms with Crippen LogP contribution >= 0.6 is 0 Å². The molecule has 1 aliphatic rings. The van der Waals surface area contributed by atoms with Crippen LogP contribution in [0.15, 0.2) is 24.3 Å². The predicted molar refractivity (Wildman–Crippen MR) is 88.3 cm³/mol. The Kier molecular flexibility index (Phi) is 4.03. The average Bonchev–Trinajstić information content (AvgIpc) is 2.81. The van der Waals surface area contributed by atoms with E-state index in [2.05, 4.69) is 54.9 Å². The molecule has 0 radical (unpaired) electrons. The molecule has 0 bridgehead atoms. The number of hydrogen-bond acceptors (Lipinski definition) is 2. The van der Waals surface area contributed by atoms with E-state index in [1.807, 2.05) is 0 Å². The zero-order valence-corrected chi connectivity index (χ0v) is 13.5. The second kappa shape index (κ2) is 5.80. The fraction of sp³-hybridized carbons (Fsp3) is 0.611. The van der Waals surface area contributed by atoms with Crippen LogP contribution in [0.5, 0.6) is 0 Å².